The van der Waals surface area contributed by atoms with Crippen molar-refractivity contribution in [2.75, 3.05) is 11.9 Å². The zero-order valence-electron chi connectivity index (χ0n) is 12.0. The largest absolute Gasteiger partial charge is 0.550 e. The number of hydrogen-bond donors (Lipinski definition) is 1. The summed E-state index contributed by atoms with van der Waals surface area (Å²) in [6.07, 6.45) is 5.76. The van der Waals surface area contributed by atoms with Crippen LogP contribution in [0.3, 0.4) is 0 Å². The van der Waals surface area contributed by atoms with Gasteiger partial charge in [-0.05, 0) is 43.6 Å². The van der Waals surface area contributed by atoms with Gasteiger partial charge in [-0.2, -0.15) is 0 Å². The quantitative estimate of drug-likeness (QED) is 0.856. The van der Waals surface area contributed by atoms with Gasteiger partial charge in [-0.15, -0.1) is 11.3 Å². The first-order chi connectivity index (χ1) is 10.2. The molecule has 1 aliphatic carbocycles. The van der Waals surface area contributed by atoms with Crippen LogP contribution in [-0.2, 0) is 11.2 Å². The fraction of sp³-hybridized carbons (Fsp3) is 0.533. The maximum Gasteiger partial charge on any atom is 0.138 e. The molecule has 0 aromatic carbocycles. The summed E-state index contributed by atoms with van der Waals surface area (Å²) in [5.74, 6) is 0.369. The normalized spacial score (nSPS) is 17.7. The highest BCUT2D eigenvalue weighted by molar-refractivity contribution is 7.19. The summed E-state index contributed by atoms with van der Waals surface area (Å²) in [6.45, 7) is 2.84. The van der Waals surface area contributed by atoms with Crippen LogP contribution in [-0.4, -0.2) is 22.5 Å². The summed E-state index contributed by atoms with van der Waals surface area (Å²) >= 11 is 1.77. The number of hydrogen-bond acceptors (Lipinski definition) is 6. The van der Waals surface area contributed by atoms with E-state index in [2.05, 4.69) is 22.2 Å². The van der Waals surface area contributed by atoms with E-state index in [1.165, 1.54) is 23.3 Å². The smallest absolute Gasteiger partial charge is 0.138 e. The van der Waals surface area contributed by atoms with Crippen molar-refractivity contribution < 1.29 is 9.90 Å². The summed E-state index contributed by atoms with van der Waals surface area (Å²) in [4.78, 5) is 21.7. The summed E-state index contributed by atoms with van der Waals surface area (Å²) < 4.78 is 0. The fourth-order valence-electron chi connectivity index (χ4n) is 2.99. The number of anilines is 1. The molecule has 2 heterocycles. The van der Waals surface area contributed by atoms with E-state index in [1.54, 1.807) is 17.7 Å². The van der Waals surface area contributed by atoms with Gasteiger partial charge in [0.25, 0.3) is 0 Å². The third kappa shape index (κ3) is 2.85. The number of aliphatic carboxylic acids is 1. The Morgan fingerprint density at radius 3 is 3.19 bits per heavy atom. The molecule has 0 radical (unpaired) electrons. The molecule has 2 aromatic rings. The van der Waals surface area contributed by atoms with Gasteiger partial charge in [-0.25, -0.2) is 9.97 Å². The Kier molecular flexibility index (Phi) is 4.05. The highest BCUT2D eigenvalue weighted by atomic mass is 32.1. The van der Waals surface area contributed by atoms with E-state index in [9.17, 15) is 9.90 Å². The Labute approximate surface area is 127 Å². The molecule has 0 saturated heterocycles. The van der Waals surface area contributed by atoms with Crippen LogP contribution < -0.4 is 10.4 Å². The zero-order chi connectivity index (χ0) is 14.8. The number of carbonyl (C=O) groups is 1. The van der Waals surface area contributed by atoms with Gasteiger partial charge < -0.3 is 15.2 Å². The Morgan fingerprint density at radius 2 is 2.38 bits per heavy atom. The minimum Gasteiger partial charge on any atom is -0.550 e. The van der Waals surface area contributed by atoms with Crippen molar-refractivity contribution in [3.05, 3.63) is 16.8 Å². The number of carboxylic acid groups (broad SMARTS) is 1. The van der Waals surface area contributed by atoms with Gasteiger partial charge in [-0.3, -0.25) is 0 Å². The second-order valence-corrected chi connectivity index (χ2v) is 6.62. The van der Waals surface area contributed by atoms with Crippen molar-refractivity contribution in [2.45, 2.75) is 44.9 Å². The number of carbonyl (C=O) groups excluding carboxylic acids is 1. The molecule has 5 nitrogen and oxygen atoms in total. The van der Waals surface area contributed by atoms with Crippen LogP contribution in [0.5, 0.6) is 0 Å². The summed E-state index contributed by atoms with van der Waals surface area (Å²) in [6, 6.07) is 0. The van der Waals surface area contributed by atoms with E-state index in [-0.39, 0.29) is 6.42 Å². The third-order valence-corrected chi connectivity index (χ3v) is 5.16. The lowest BCUT2D eigenvalue weighted by atomic mass is 9.87. The summed E-state index contributed by atoms with van der Waals surface area (Å²) in [5, 5.41) is 14.9. The van der Waals surface area contributed by atoms with Crippen LogP contribution in [0.1, 0.15) is 49.0 Å². The number of carboxylic acids is 1. The number of rotatable bonds is 5. The molecule has 2 aromatic heterocycles. The number of nitrogens with one attached hydrogen (secondary N) is 1. The molecule has 0 aliphatic heterocycles. The van der Waals surface area contributed by atoms with E-state index >= 15 is 0 Å². The number of aromatic nitrogens is 2. The van der Waals surface area contributed by atoms with Crippen LogP contribution in [0.15, 0.2) is 6.33 Å². The lowest BCUT2D eigenvalue weighted by Crippen LogP contribution is -2.22. The number of thiophene rings is 1. The minimum atomic E-state index is -1.01. The molecule has 6 heteroatoms. The van der Waals surface area contributed by atoms with Gasteiger partial charge in [0.1, 0.15) is 17.0 Å². The molecule has 0 amide bonds. The SMILES string of the molecule is C[C@@H]1CCCc2sc3ncnc(NCCCC(=O)[O-])c3c21. The lowest BCUT2D eigenvalue weighted by molar-refractivity contribution is -0.305. The van der Waals surface area contributed by atoms with Gasteiger partial charge >= 0.3 is 0 Å². The first-order valence-corrected chi connectivity index (χ1v) is 8.18. The van der Waals surface area contributed by atoms with Gasteiger partial charge in [-0.1, -0.05) is 6.92 Å². The molecular formula is C15H18N3O2S-. The molecule has 1 atom stereocenters. The summed E-state index contributed by atoms with van der Waals surface area (Å²) in [7, 11) is 0. The summed E-state index contributed by atoms with van der Waals surface area (Å²) in [5.41, 5.74) is 1.39. The molecule has 0 fully saturated rings. The van der Waals surface area contributed by atoms with Crippen LogP contribution in [0.2, 0.25) is 0 Å². The standard InChI is InChI=1S/C15H19N3O2S/c1-9-4-2-5-10-12(9)13-14(16-7-3-6-11(19)20)17-8-18-15(13)21-10/h8-9H,2-7H2,1H3,(H,19,20)(H,16,17,18)/p-1/t9-/m1/s1. The minimum absolute atomic E-state index is 0.0688. The average Bonchev–Trinajstić information content (AvgIpc) is 2.83. The topological polar surface area (TPSA) is 77.9 Å². The first-order valence-electron chi connectivity index (χ1n) is 7.37. The van der Waals surface area contributed by atoms with Gasteiger partial charge in [0.05, 0.1) is 5.39 Å². The number of nitrogens with zero attached hydrogens (tertiary/aromatic N) is 2. The average molecular weight is 304 g/mol. The predicted molar refractivity (Wildman–Crippen MR) is 81.5 cm³/mol. The van der Waals surface area contributed by atoms with E-state index in [0.29, 0.717) is 18.9 Å². The third-order valence-electron chi connectivity index (χ3n) is 3.99. The number of fused-ring (bicyclic) bond motifs is 3. The molecule has 3 rings (SSSR count). The Bertz CT molecular complexity index is 668. The van der Waals surface area contributed by atoms with Crippen molar-refractivity contribution in [3.63, 3.8) is 0 Å². The van der Waals surface area contributed by atoms with Crippen molar-refractivity contribution in [2.24, 2.45) is 0 Å². The van der Waals surface area contributed by atoms with Crippen LogP contribution >= 0.6 is 11.3 Å². The molecule has 0 spiro atoms. The monoisotopic (exact) mass is 304 g/mol. The van der Waals surface area contributed by atoms with Gasteiger partial charge in [0.2, 0.25) is 0 Å². The molecular weight excluding hydrogens is 286 g/mol. The molecule has 1 aliphatic rings. The Morgan fingerprint density at radius 1 is 1.52 bits per heavy atom. The molecule has 21 heavy (non-hydrogen) atoms. The van der Waals surface area contributed by atoms with Crippen LogP contribution in [0.4, 0.5) is 5.82 Å². The second kappa shape index (κ2) is 5.97. The highest BCUT2D eigenvalue weighted by Crippen LogP contribution is 2.43. The first kappa shape index (κ1) is 14.3. The second-order valence-electron chi connectivity index (χ2n) is 5.54. The molecule has 0 saturated carbocycles. The zero-order valence-corrected chi connectivity index (χ0v) is 12.8. The van der Waals surface area contributed by atoms with E-state index in [1.807, 2.05) is 0 Å². The molecule has 112 valence electrons. The van der Waals surface area contributed by atoms with E-state index < -0.39 is 5.97 Å². The highest BCUT2D eigenvalue weighted by Gasteiger charge is 2.24. The van der Waals surface area contributed by atoms with E-state index in [4.69, 9.17) is 0 Å². The molecule has 1 N–H and O–H groups in total. The lowest BCUT2D eigenvalue weighted by Gasteiger charge is -2.19. The van der Waals surface area contributed by atoms with Crippen molar-refractivity contribution in [1.29, 1.82) is 0 Å². The van der Waals surface area contributed by atoms with Gasteiger partial charge in [0.15, 0.2) is 0 Å². The van der Waals surface area contributed by atoms with Crippen molar-refractivity contribution in [3.8, 4) is 0 Å². The van der Waals surface area contributed by atoms with E-state index in [0.717, 1.165) is 22.5 Å². The fourth-order valence-corrected chi connectivity index (χ4v) is 4.30. The Balaban J connectivity index is 1.88. The van der Waals surface area contributed by atoms with Crippen LogP contribution in [0, 0.1) is 0 Å². The predicted octanol–water partition coefficient (Wildman–Crippen LogP) is 2.07. The molecule has 0 bridgehead atoms. The maximum atomic E-state index is 10.5. The Hall–Kier alpha value is -1.69. The molecule has 0 unspecified atom stereocenters. The maximum absolute atomic E-state index is 10.5. The van der Waals surface area contributed by atoms with Gasteiger partial charge in [0, 0.05) is 17.4 Å². The van der Waals surface area contributed by atoms with Crippen molar-refractivity contribution >= 4 is 33.3 Å². The number of aryl methyl sites for hydroxylation is 1. The van der Waals surface area contributed by atoms with Crippen LogP contribution in [0.25, 0.3) is 10.2 Å². The van der Waals surface area contributed by atoms with Crippen molar-refractivity contribution in [1.82, 2.24) is 9.97 Å².